The maximum atomic E-state index is 10.4. The average Bonchev–Trinajstić information content (AvgIpc) is 3.10. The van der Waals surface area contributed by atoms with E-state index < -0.39 is 5.38 Å². The molecule has 0 amide bonds. The van der Waals surface area contributed by atoms with Gasteiger partial charge in [-0.15, -0.1) is 11.6 Å². The number of oxime groups is 2. The minimum atomic E-state index is -0.824. The largest absolute Gasteiger partial charge is 0.497 e. The molecule has 1 aliphatic carbocycles. The van der Waals surface area contributed by atoms with Gasteiger partial charge in [0.1, 0.15) is 11.5 Å². The number of nitrogens with zero attached hydrogens (tertiary/aromatic N) is 2. The van der Waals surface area contributed by atoms with Gasteiger partial charge in [0.15, 0.2) is 22.1 Å². The van der Waals surface area contributed by atoms with Gasteiger partial charge >= 0.3 is 0 Å². The first-order valence-corrected chi connectivity index (χ1v) is 9.70. The van der Waals surface area contributed by atoms with Gasteiger partial charge in [-0.1, -0.05) is 46.2 Å². The number of carbonyl (C=O) groups excluding carboxylic acids is 2. The molecule has 1 saturated carbocycles. The molecule has 0 atom stereocenters. The van der Waals surface area contributed by atoms with Crippen LogP contribution in [0.15, 0.2) is 58.8 Å². The minimum absolute atomic E-state index is 0.0499. The molecule has 166 valence electrons. The maximum absolute atomic E-state index is 10.4. The van der Waals surface area contributed by atoms with E-state index in [4.69, 9.17) is 43.1 Å². The van der Waals surface area contributed by atoms with Crippen molar-refractivity contribution in [2.24, 2.45) is 10.3 Å². The average molecular weight is 469 g/mol. The number of ketones is 2. The van der Waals surface area contributed by atoms with Crippen LogP contribution < -0.4 is 9.47 Å². The smallest absolute Gasteiger partial charge is 0.175 e. The van der Waals surface area contributed by atoms with Crippen molar-refractivity contribution in [2.75, 3.05) is 14.2 Å². The molecule has 8 nitrogen and oxygen atoms in total. The molecule has 31 heavy (non-hydrogen) atoms. The molecular formula is C21H22Cl2N2O6. The summed E-state index contributed by atoms with van der Waals surface area (Å²) in [7, 11) is 3.15. The Morgan fingerprint density at radius 3 is 2.00 bits per heavy atom. The molecule has 10 heteroatoms. The van der Waals surface area contributed by atoms with Crippen LogP contribution in [0, 0.1) is 0 Å². The molecule has 1 fully saturated rings. The van der Waals surface area contributed by atoms with Crippen molar-refractivity contribution in [3.8, 4) is 11.5 Å². The summed E-state index contributed by atoms with van der Waals surface area (Å²) in [6, 6.07) is 14.2. The third-order valence-corrected chi connectivity index (χ3v) is 4.66. The van der Waals surface area contributed by atoms with Crippen molar-refractivity contribution in [3.63, 3.8) is 0 Å². The molecule has 0 heterocycles. The van der Waals surface area contributed by atoms with Crippen LogP contribution in [0.25, 0.3) is 0 Å². The Morgan fingerprint density at radius 1 is 1.00 bits per heavy atom. The normalized spacial score (nSPS) is 13.9. The summed E-state index contributed by atoms with van der Waals surface area (Å²) in [5.41, 5.74) is 1.44. The van der Waals surface area contributed by atoms with E-state index in [1.165, 1.54) is 6.21 Å². The molecule has 0 unspecified atom stereocenters. The van der Waals surface area contributed by atoms with Crippen LogP contribution in [-0.2, 0) is 9.59 Å². The van der Waals surface area contributed by atoms with Crippen LogP contribution in [0.4, 0.5) is 0 Å². The topological polar surface area (TPSA) is 118 Å². The van der Waals surface area contributed by atoms with Crippen molar-refractivity contribution in [1.82, 2.24) is 0 Å². The van der Waals surface area contributed by atoms with Gasteiger partial charge < -0.3 is 19.9 Å². The number of alkyl halides is 1. The summed E-state index contributed by atoms with van der Waals surface area (Å²) < 4.78 is 9.91. The van der Waals surface area contributed by atoms with Crippen LogP contribution >= 0.6 is 23.2 Å². The van der Waals surface area contributed by atoms with Gasteiger partial charge in [-0.05, 0) is 29.8 Å². The molecule has 1 aliphatic rings. The lowest BCUT2D eigenvalue weighted by molar-refractivity contribution is -0.121. The molecule has 0 spiro atoms. The van der Waals surface area contributed by atoms with Crippen LogP contribution in [0.3, 0.4) is 0 Å². The van der Waals surface area contributed by atoms with Crippen molar-refractivity contribution < 1.29 is 29.5 Å². The van der Waals surface area contributed by atoms with E-state index in [9.17, 15) is 9.59 Å². The van der Waals surface area contributed by atoms with Crippen LogP contribution in [0.2, 0.25) is 0 Å². The molecule has 3 rings (SSSR count). The van der Waals surface area contributed by atoms with Gasteiger partial charge in [0, 0.05) is 18.4 Å². The molecule has 0 bridgehead atoms. The first-order chi connectivity index (χ1) is 14.9. The molecular weight excluding hydrogens is 447 g/mol. The molecule has 2 aromatic rings. The van der Waals surface area contributed by atoms with Crippen LogP contribution in [0.1, 0.15) is 24.0 Å². The predicted molar refractivity (Wildman–Crippen MR) is 118 cm³/mol. The zero-order valence-electron chi connectivity index (χ0n) is 16.9. The molecule has 2 N–H and O–H groups in total. The SMILES string of the molecule is COc1cccc(/C(Cl)=N/O)c1.COc1cccc(/C=N/O)c1.O=C1CCC(=O)C1Cl. The summed E-state index contributed by atoms with van der Waals surface area (Å²) in [6.45, 7) is 0. The molecule has 0 aliphatic heterocycles. The standard InChI is InChI=1S/C8H8ClNO2.C8H9NO2.C5H5ClO2/c1-12-7-4-2-3-6(5-7)8(9)10-11;1-11-8-4-2-3-7(5-8)6-9-10;6-5-3(7)1-2-4(5)8/h2-5,11H,1H3;2-6,10H,1H3;5H,1-2H2/b10-8-;9-6+;. The van der Waals surface area contributed by atoms with Crippen LogP contribution in [0.5, 0.6) is 11.5 Å². The van der Waals surface area contributed by atoms with Gasteiger partial charge in [0.05, 0.1) is 20.4 Å². The second-order valence-corrected chi connectivity index (χ2v) is 6.73. The molecule has 2 aromatic carbocycles. The quantitative estimate of drug-likeness (QED) is 0.229. The summed E-state index contributed by atoms with van der Waals surface area (Å²) in [5, 5.41) is 21.6. The van der Waals surface area contributed by atoms with Crippen molar-refractivity contribution in [1.29, 1.82) is 0 Å². The fourth-order valence-electron chi connectivity index (χ4n) is 2.28. The summed E-state index contributed by atoms with van der Waals surface area (Å²) >= 11 is 10.9. The third kappa shape index (κ3) is 9.06. The minimum Gasteiger partial charge on any atom is -0.497 e. The number of hydrogen-bond donors (Lipinski definition) is 2. The zero-order chi connectivity index (χ0) is 23.2. The Balaban J connectivity index is 0.000000237. The highest BCUT2D eigenvalue weighted by Crippen LogP contribution is 2.15. The molecule has 0 aromatic heterocycles. The third-order valence-electron chi connectivity index (χ3n) is 3.88. The monoisotopic (exact) mass is 468 g/mol. The lowest BCUT2D eigenvalue weighted by Gasteiger charge is -2.00. The fourth-order valence-corrected chi connectivity index (χ4v) is 2.61. The number of benzene rings is 2. The van der Waals surface area contributed by atoms with E-state index in [2.05, 4.69) is 10.3 Å². The van der Waals surface area contributed by atoms with Gasteiger partial charge in [0.25, 0.3) is 0 Å². The highest BCUT2D eigenvalue weighted by atomic mass is 35.5. The van der Waals surface area contributed by atoms with E-state index in [1.807, 2.05) is 18.2 Å². The van der Waals surface area contributed by atoms with Crippen molar-refractivity contribution >= 4 is 46.2 Å². The Morgan fingerprint density at radius 2 is 1.55 bits per heavy atom. The maximum Gasteiger partial charge on any atom is 0.175 e. The van der Waals surface area contributed by atoms with E-state index in [-0.39, 0.29) is 16.7 Å². The fraction of sp³-hybridized carbons (Fsp3) is 0.238. The number of ether oxygens (including phenoxy) is 2. The number of methoxy groups -OCH3 is 2. The van der Waals surface area contributed by atoms with E-state index in [0.717, 1.165) is 11.3 Å². The van der Waals surface area contributed by atoms with Crippen molar-refractivity contribution in [2.45, 2.75) is 18.2 Å². The van der Waals surface area contributed by atoms with Gasteiger partial charge in [-0.2, -0.15) is 0 Å². The first kappa shape index (κ1) is 25.9. The number of halogens is 2. The summed E-state index contributed by atoms with van der Waals surface area (Å²) in [5.74, 6) is 1.17. The Hall–Kier alpha value is -3.10. The molecule has 0 saturated heterocycles. The lowest BCUT2D eigenvalue weighted by atomic mass is 10.2. The van der Waals surface area contributed by atoms with E-state index in [0.29, 0.717) is 24.2 Å². The van der Waals surface area contributed by atoms with Crippen molar-refractivity contribution in [3.05, 3.63) is 59.7 Å². The van der Waals surface area contributed by atoms with Crippen LogP contribution in [-0.4, -0.2) is 53.0 Å². The van der Waals surface area contributed by atoms with Gasteiger partial charge in [0.2, 0.25) is 0 Å². The zero-order valence-corrected chi connectivity index (χ0v) is 18.4. The summed E-state index contributed by atoms with van der Waals surface area (Å²) in [4.78, 5) is 20.9. The number of hydrogen-bond acceptors (Lipinski definition) is 8. The number of carbonyl (C=O) groups is 2. The first-order valence-electron chi connectivity index (χ1n) is 8.89. The predicted octanol–water partition coefficient (Wildman–Crippen LogP) is 4.10. The second kappa shape index (κ2) is 14.0. The highest BCUT2D eigenvalue weighted by molar-refractivity contribution is 6.69. The highest BCUT2D eigenvalue weighted by Gasteiger charge is 2.30. The summed E-state index contributed by atoms with van der Waals surface area (Å²) in [6.07, 6.45) is 2.03. The van der Waals surface area contributed by atoms with E-state index in [1.54, 1.807) is 44.6 Å². The van der Waals surface area contributed by atoms with Gasteiger partial charge in [-0.25, -0.2) is 0 Å². The second-order valence-electron chi connectivity index (χ2n) is 5.94. The number of rotatable bonds is 4. The number of Topliss-reactive ketones (excluding diaryl/α,β-unsaturated/α-hetero) is 2. The van der Waals surface area contributed by atoms with Gasteiger partial charge in [-0.3, -0.25) is 9.59 Å². The Bertz CT molecular complexity index is 918. The Labute approximate surface area is 189 Å². The van der Waals surface area contributed by atoms with E-state index >= 15 is 0 Å². The Kier molecular flexibility index (Phi) is 11.7. The lowest BCUT2D eigenvalue weighted by Crippen LogP contribution is -2.12. The molecule has 0 radical (unpaired) electrons.